The van der Waals surface area contributed by atoms with Crippen LogP contribution in [-0.2, 0) is 11.2 Å². The van der Waals surface area contributed by atoms with Gasteiger partial charge in [-0.2, -0.15) is 4.98 Å². The fourth-order valence-electron chi connectivity index (χ4n) is 4.97. The summed E-state index contributed by atoms with van der Waals surface area (Å²) < 4.78 is 5.56. The molecule has 1 N–H and O–H groups in total. The highest BCUT2D eigenvalue weighted by Gasteiger charge is 2.31. The highest BCUT2D eigenvalue weighted by Crippen LogP contribution is 2.44. The predicted molar refractivity (Wildman–Crippen MR) is 126 cm³/mol. The van der Waals surface area contributed by atoms with E-state index in [0.717, 1.165) is 69.6 Å². The molecule has 7 heteroatoms. The first-order chi connectivity index (χ1) is 15.8. The number of morpholine rings is 1. The van der Waals surface area contributed by atoms with Crippen LogP contribution in [0.2, 0.25) is 0 Å². The molecule has 3 aromatic rings. The molecular weight excluding hydrogens is 400 g/mol. The molecule has 0 unspecified atom stereocenters. The average molecular weight is 431 g/mol. The van der Waals surface area contributed by atoms with Crippen molar-refractivity contribution in [1.29, 1.82) is 0 Å². The highest BCUT2D eigenvalue weighted by atomic mass is 16.5. The number of ether oxygens (including phenoxy) is 1. The number of anilines is 2. The molecule has 0 amide bonds. The van der Waals surface area contributed by atoms with Gasteiger partial charge in [0.2, 0.25) is 5.95 Å². The number of aromatic nitrogens is 3. The third kappa shape index (κ3) is 4.02. The summed E-state index contributed by atoms with van der Waals surface area (Å²) in [6, 6.07) is 11.2. The van der Waals surface area contributed by atoms with Crippen molar-refractivity contribution in [3.05, 3.63) is 53.9 Å². The maximum atomic E-state index is 5.56. The Morgan fingerprint density at radius 2 is 1.81 bits per heavy atom. The highest BCUT2D eigenvalue weighted by molar-refractivity contribution is 5.93. The molecule has 32 heavy (non-hydrogen) atoms. The second-order valence-corrected chi connectivity index (χ2v) is 9.13. The van der Waals surface area contributed by atoms with E-state index in [1.54, 1.807) is 0 Å². The largest absolute Gasteiger partial charge is 0.378 e. The molecule has 1 atom stereocenters. The molecule has 1 aromatic carbocycles. The molecule has 1 saturated carbocycles. The van der Waals surface area contributed by atoms with E-state index in [4.69, 9.17) is 14.7 Å². The Balaban J connectivity index is 1.37. The lowest BCUT2D eigenvalue weighted by Gasteiger charge is -2.36. The Morgan fingerprint density at radius 3 is 2.62 bits per heavy atom. The van der Waals surface area contributed by atoms with Gasteiger partial charge in [0.15, 0.2) is 0 Å². The summed E-state index contributed by atoms with van der Waals surface area (Å²) in [5, 5.41) is 4.93. The summed E-state index contributed by atoms with van der Waals surface area (Å²) in [5.41, 5.74) is 3.67. The molecule has 0 bridgehead atoms. The number of piperazine rings is 1. The topological polar surface area (TPSA) is 66.4 Å². The van der Waals surface area contributed by atoms with Gasteiger partial charge in [-0.15, -0.1) is 0 Å². The number of nitrogens with zero attached hydrogens (tertiary/aromatic N) is 5. The first-order valence-corrected chi connectivity index (χ1v) is 11.9. The van der Waals surface area contributed by atoms with Crippen LogP contribution in [0, 0.1) is 0 Å². The number of nitrogens with one attached hydrogen (secondary N) is 1. The van der Waals surface area contributed by atoms with Gasteiger partial charge in [0, 0.05) is 50.3 Å². The van der Waals surface area contributed by atoms with Crippen LogP contribution in [0.4, 0.5) is 11.8 Å². The lowest BCUT2D eigenvalue weighted by molar-refractivity contribution is 0.122. The van der Waals surface area contributed by atoms with E-state index in [1.165, 1.54) is 29.4 Å². The van der Waals surface area contributed by atoms with Gasteiger partial charge < -0.3 is 19.9 Å². The predicted octanol–water partition coefficient (Wildman–Crippen LogP) is 2.76. The van der Waals surface area contributed by atoms with Crippen LogP contribution in [0.25, 0.3) is 10.9 Å². The fraction of sp³-hybridized carbons (Fsp3) is 0.480. The van der Waals surface area contributed by atoms with Crippen molar-refractivity contribution in [2.45, 2.75) is 31.2 Å². The standard InChI is InChI=1S/C25H30N6O/c1-2-4-18(5-3-1)14-20-17-31(9-8-27-20)24-23-21(19-6-7-19)15-26-16-22(23)28-25(29-24)30-10-12-32-13-11-30/h1-5,15-16,19-20,27H,6-14,17H2/t20-/m0/s1. The van der Waals surface area contributed by atoms with E-state index >= 15 is 0 Å². The van der Waals surface area contributed by atoms with E-state index in [-0.39, 0.29) is 0 Å². The van der Waals surface area contributed by atoms with Crippen LogP contribution in [0.15, 0.2) is 42.7 Å². The third-order valence-corrected chi connectivity index (χ3v) is 6.80. The smallest absolute Gasteiger partial charge is 0.228 e. The second-order valence-electron chi connectivity index (χ2n) is 9.13. The summed E-state index contributed by atoms with van der Waals surface area (Å²) in [6.45, 7) is 5.97. The minimum absolute atomic E-state index is 0.397. The molecule has 1 aliphatic carbocycles. The van der Waals surface area contributed by atoms with Crippen LogP contribution in [0.3, 0.4) is 0 Å². The number of hydrogen-bond donors (Lipinski definition) is 1. The van der Waals surface area contributed by atoms with Crippen LogP contribution >= 0.6 is 0 Å². The van der Waals surface area contributed by atoms with Gasteiger partial charge in [-0.3, -0.25) is 4.98 Å². The van der Waals surface area contributed by atoms with Crippen LogP contribution in [-0.4, -0.2) is 66.9 Å². The number of benzene rings is 1. The SMILES string of the molecule is c1ccc(C[C@H]2CN(c3nc(N4CCOCC4)nc4cncc(C5CC5)c34)CCN2)cc1. The van der Waals surface area contributed by atoms with Crippen molar-refractivity contribution in [3.8, 4) is 0 Å². The normalized spacial score (nSPS) is 21.8. The number of fused-ring (bicyclic) bond motifs is 1. The van der Waals surface area contributed by atoms with Gasteiger partial charge in [-0.05, 0) is 36.3 Å². The average Bonchev–Trinajstić information content (AvgIpc) is 3.70. The lowest BCUT2D eigenvalue weighted by Crippen LogP contribution is -2.52. The summed E-state index contributed by atoms with van der Waals surface area (Å²) in [5.74, 6) is 2.50. The van der Waals surface area contributed by atoms with Crippen LogP contribution in [0.5, 0.6) is 0 Å². The first-order valence-electron chi connectivity index (χ1n) is 11.9. The van der Waals surface area contributed by atoms with Gasteiger partial charge in [-0.1, -0.05) is 30.3 Å². The van der Waals surface area contributed by atoms with Crippen molar-refractivity contribution >= 4 is 22.7 Å². The van der Waals surface area contributed by atoms with Gasteiger partial charge in [0.05, 0.1) is 24.9 Å². The van der Waals surface area contributed by atoms with Crippen molar-refractivity contribution in [1.82, 2.24) is 20.3 Å². The lowest BCUT2D eigenvalue weighted by atomic mass is 10.0. The zero-order valence-corrected chi connectivity index (χ0v) is 18.4. The van der Waals surface area contributed by atoms with E-state index in [0.29, 0.717) is 12.0 Å². The van der Waals surface area contributed by atoms with Crippen molar-refractivity contribution in [2.75, 3.05) is 55.7 Å². The molecule has 0 spiro atoms. The molecule has 7 nitrogen and oxygen atoms in total. The minimum atomic E-state index is 0.397. The van der Waals surface area contributed by atoms with Crippen molar-refractivity contribution in [3.63, 3.8) is 0 Å². The van der Waals surface area contributed by atoms with E-state index < -0.39 is 0 Å². The molecule has 2 aliphatic heterocycles. The molecule has 2 saturated heterocycles. The quantitative estimate of drug-likeness (QED) is 0.668. The molecule has 6 rings (SSSR count). The van der Waals surface area contributed by atoms with Crippen molar-refractivity contribution < 1.29 is 4.74 Å². The second kappa shape index (κ2) is 8.64. The van der Waals surface area contributed by atoms with Gasteiger partial charge in [-0.25, -0.2) is 4.98 Å². The first kappa shape index (κ1) is 19.9. The van der Waals surface area contributed by atoms with E-state index in [9.17, 15) is 0 Å². The molecule has 2 aromatic heterocycles. The van der Waals surface area contributed by atoms with E-state index in [1.807, 2.05) is 12.4 Å². The van der Waals surface area contributed by atoms with Crippen molar-refractivity contribution in [2.24, 2.45) is 0 Å². The van der Waals surface area contributed by atoms with Gasteiger partial charge >= 0.3 is 0 Å². The molecule has 4 heterocycles. The Bertz CT molecular complexity index is 1080. The fourth-order valence-corrected chi connectivity index (χ4v) is 4.97. The number of rotatable bonds is 5. The number of hydrogen-bond acceptors (Lipinski definition) is 7. The zero-order chi connectivity index (χ0) is 21.3. The summed E-state index contributed by atoms with van der Waals surface area (Å²) in [4.78, 5) is 19.4. The minimum Gasteiger partial charge on any atom is -0.378 e. The molecule has 3 fully saturated rings. The molecule has 0 radical (unpaired) electrons. The Morgan fingerprint density at radius 1 is 0.969 bits per heavy atom. The third-order valence-electron chi connectivity index (χ3n) is 6.80. The summed E-state index contributed by atoms with van der Waals surface area (Å²) >= 11 is 0. The maximum Gasteiger partial charge on any atom is 0.228 e. The van der Waals surface area contributed by atoms with Crippen LogP contribution < -0.4 is 15.1 Å². The Labute approximate surface area is 188 Å². The molecule has 3 aliphatic rings. The van der Waals surface area contributed by atoms with Crippen LogP contribution in [0.1, 0.15) is 29.9 Å². The molecule has 166 valence electrons. The monoisotopic (exact) mass is 430 g/mol. The Hall–Kier alpha value is -2.77. The Kier molecular flexibility index (Phi) is 5.37. The maximum absolute atomic E-state index is 5.56. The summed E-state index contributed by atoms with van der Waals surface area (Å²) in [6.07, 6.45) is 7.46. The van der Waals surface area contributed by atoms with Gasteiger partial charge in [0.1, 0.15) is 5.82 Å². The number of pyridine rings is 1. The van der Waals surface area contributed by atoms with E-state index in [2.05, 4.69) is 50.4 Å². The molecular formula is C25H30N6O. The summed E-state index contributed by atoms with van der Waals surface area (Å²) in [7, 11) is 0. The van der Waals surface area contributed by atoms with Gasteiger partial charge in [0.25, 0.3) is 0 Å². The zero-order valence-electron chi connectivity index (χ0n) is 18.4.